The van der Waals surface area contributed by atoms with Gasteiger partial charge < -0.3 is 10.1 Å². The molecule has 0 aromatic heterocycles. The van der Waals surface area contributed by atoms with Crippen LogP contribution in [-0.2, 0) is 19.1 Å². The molecule has 0 aromatic rings. The lowest BCUT2D eigenvalue weighted by molar-refractivity contribution is -0.134. The zero-order valence-electron chi connectivity index (χ0n) is 10.7. The number of rotatable bonds is 4. The van der Waals surface area contributed by atoms with Crippen LogP contribution in [0.3, 0.4) is 0 Å². The third kappa shape index (κ3) is 4.29. The van der Waals surface area contributed by atoms with Gasteiger partial charge in [-0.25, -0.2) is 0 Å². The molecule has 0 bridgehead atoms. The highest BCUT2D eigenvalue weighted by atomic mass is 16.5. The van der Waals surface area contributed by atoms with Gasteiger partial charge in [-0.1, -0.05) is 0 Å². The Morgan fingerprint density at radius 1 is 1.26 bits per heavy atom. The van der Waals surface area contributed by atoms with E-state index in [1.54, 1.807) is 0 Å². The number of hydrogen-bond donors (Lipinski definition) is 3. The number of carbonyl (C=O) groups excluding carboxylic acids is 3. The summed E-state index contributed by atoms with van der Waals surface area (Å²) in [7, 11) is 0. The Morgan fingerprint density at radius 3 is 2.68 bits per heavy atom. The number of amides is 3. The lowest BCUT2D eigenvalue weighted by Crippen LogP contribution is -2.53. The van der Waals surface area contributed by atoms with Crippen molar-refractivity contribution in [3.63, 3.8) is 0 Å². The average Bonchev–Trinajstić information content (AvgIpc) is 2.39. The van der Waals surface area contributed by atoms with Crippen molar-refractivity contribution in [2.45, 2.75) is 37.8 Å². The molecule has 0 aromatic carbocycles. The van der Waals surface area contributed by atoms with Crippen LogP contribution in [0.25, 0.3) is 0 Å². The molecular formula is C12H19N3O4. The zero-order chi connectivity index (χ0) is 13.7. The summed E-state index contributed by atoms with van der Waals surface area (Å²) in [5.74, 6) is -0.735. The minimum atomic E-state index is -0.460. The van der Waals surface area contributed by atoms with Crippen molar-refractivity contribution in [2.24, 2.45) is 0 Å². The van der Waals surface area contributed by atoms with Crippen molar-refractivity contribution in [1.29, 1.82) is 0 Å². The molecule has 3 N–H and O–H groups in total. The molecule has 7 nitrogen and oxygen atoms in total. The van der Waals surface area contributed by atoms with E-state index < -0.39 is 6.04 Å². The van der Waals surface area contributed by atoms with E-state index in [2.05, 4.69) is 16.0 Å². The highest BCUT2D eigenvalue weighted by molar-refractivity contribution is 6.00. The molecule has 106 valence electrons. The maximum absolute atomic E-state index is 11.7. The summed E-state index contributed by atoms with van der Waals surface area (Å²) in [6.45, 7) is 1.43. The topological polar surface area (TPSA) is 96.5 Å². The van der Waals surface area contributed by atoms with Gasteiger partial charge in [0.15, 0.2) is 0 Å². The van der Waals surface area contributed by atoms with E-state index >= 15 is 0 Å². The normalized spacial score (nSPS) is 24.9. The molecule has 1 unspecified atom stereocenters. The SMILES string of the molecule is O=C1CCC(NCC(=O)NC2CCOCC2)C(=O)N1. The van der Waals surface area contributed by atoms with Gasteiger partial charge >= 0.3 is 0 Å². The first-order chi connectivity index (χ1) is 9.15. The van der Waals surface area contributed by atoms with Gasteiger partial charge in [-0.05, 0) is 19.3 Å². The van der Waals surface area contributed by atoms with Gasteiger partial charge in [-0.3, -0.25) is 25.0 Å². The highest BCUT2D eigenvalue weighted by Crippen LogP contribution is 2.06. The first kappa shape index (κ1) is 14.0. The predicted octanol–water partition coefficient (Wildman–Crippen LogP) is -1.32. The van der Waals surface area contributed by atoms with Crippen LogP contribution in [0.2, 0.25) is 0 Å². The van der Waals surface area contributed by atoms with E-state index in [-0.39, 0.29) is 30.3 Å². The van der Waals surface area contributed by atoms with E-state index in [1.807, 2.05) is 0 Å². The van der Waals surface area contributed by atoms with Gasteiger partial charge in [0.25, 0.3) is 0 Å². The maximum Gasteiger partial charge on any atom is 0.243 e. The zero-order valence-corrected chi connectivity index (χ0v) is 10.7. The van der Waals surface area contributed by atoms with E-state index in [9.17, 15) is 14.4 Å². The number of ether oxygens (including phenoxy) is 1. The van der Waals surface area contributed by atoms with Crippen molar-refractivity contribution in [2.75, 3.05) is 19.8 Å². The molecule has 1 atom stereocenters. The fourth-order valence-corrected chi connectivity index (χ4v) is 2.22. The molecule has 2 fully saturated rings. The summed E-state index contributed by atoms with van der Waals surface area (Å²) < 4.78 is 5.21. The molecular weight excluding hydrogens is 250 g/mol. The predicted molar refractivity (Wildman–Crippen MR) is 66.2 cm³/mol. The monoisotopic (exact) mass is 269 g/mol. The minimum absolute atomic E-state index is 0.0869. The molecule has 19 heavy (non-hydrogen) atoms. The van der Waals surface area contributed by atoms with Crippen LogP contribution in [-0.4, -0.2) is 49.6 Å². The Bertz CT molecular complexity index is 366. The molecule has 0 spiro atoms. The van der Waals surface area contributed by atoms with Crippen molar-refractivity contribution < 1.29 is 19.1 Å². The van der Waals surface area contributed by atoms with Crippen molar-refractivity contribution in [1.82, 2.24) is 16.0 Å². The van der Waals surface area contributed by atoms with Crippen LogP contribution in [0, 0.1) is 0 Å². The van der Waals surface area contributed by atoms with E-state index in [0.29, 0.717) is 26.1 Å². The Morgan fingerprint density at radius 2 is 2.00 bits per heavy atom. The van der Waals surface area contributed by atoms with Gasteiger partial charge in [0.1, 0.15) is 0 Å². The summed E-state index contributed by atoms with van der Waals surface area (Å²) in [5.41, 5.74) is 0. The standard InChI is InChI=1S/C12H19N3O4/c16-10-2-1-9(12(18)15-10)13-7-11(17)14-8-3-5-19-6-4-8/h8-9,13H,1-7H2,(H,14,17)(H,15,16,18). The number of carbonyl (C=O) groups is 3. The maximum atomic E-state index is 11.7. The third-order valence-electron chi connectivity index (χ3n) is 3.33. The quantitative estimate of drug-likeness (QED) is 0.550. The minimum Gasteiger partial charge on any atom is -0.381 e. The van der Waals surface area contributed by atoms with Crippen LogP contribution in [0.1, 0.15) is 25.7 Å². The summed E-state index contributed by atoms with van der Waals surface area (Å²) in [6.07, 6.45) is 2.40. The molecule has 2 saturated heterocycles. The molecule has 0 aliphatic carbocycles. The lowest BCUT2D eigenvalue weighted by atomic mass is 10.1. The van der Waals surface area contributed by atoms with Crippen molar-refractivity contribution >= 4 is 17.7 Å². The van der Waals surface area contributed by atoms with Crippen LogP contribution in [0.15, 0.2) is 0 Å². The Hall–Kier alpha value is -1.47. The first-order valence-corrected chi connectivity index (χ1v) is 6.59. The van der Waals surface area contributed by atoms with E-state index in [4.69, 9.17) is 4.74 Å². The third-order valence-corrected chi connectivity index (χ3v) is 3.33. The van der Waals surface area contributed by atoms with Gasteiger partial charge in [0.05, 0.1) is 12.6 Å². The largest absolute Gasteiger partial charge is 0.381 e. The summed E-state index contributed by atoms with van der Waals surface area (Å²) in [6, 6.07) is -0.303. The molecule has 3 amide bonds. The summed E-state index contributed by atoms with van der Waals surface area (Å²) in [5, 5.41) is 8.02. The number of piperidine rings is 1. The van der Waals surface area contributed by atoms with Gasteiger partial charge in [0.2, 0.25) is 17.7 Å². The molecule has 2 aliphatic heterocycles. The molecule has 7 heteroatoms. The van der Waals surface area contributed by atoms with Crippen molar-refractivity contribution in [3.05, 3.63) is 0 Å². The molecule has 2 heterocycles. The van der Waals surface area contributed by atoms with Crippen LogP contribution >= 0.6 is 0 Å². The van der Waals surface area contributed by atoms with Gasteiger partial charge in [-0.15, -0.1) is 0 Å². The highest BCUT2D eigenvalue weighted by Gasteiger charge is 2.26. The lowest BCUT2D eigenvalue weighted by Gasteiger charge is -2.24. The first-order valence-electron chi connectivity index (χ1n) is 6.59. The fourth-order valence-electron chi connectivity index (χ4n) is 2.22. The second kappa shape index (κ2) is 6.63. The van der Waals surface area contributed by atoms with Crippen LogP contribution in [0.5, 0.6) is 0 Å². The van der Waals surface area contributed by atoms with E-state index in [0.717, 1.165) is 12.8 Å². The molecule has 0 saturated carbocycles. The number of nitrogens with one attached hydrogen (secondary N) is 3. The molecule has 2 aliphatic rings. The summed E-state index contributed by atoms with van der Waals surface area (Å²) >= 11 is 0. The Kier molecular flexibility index (Phi) is 4.86. The fraction of sp³-hybridized carbons (Fsp3) is 0.750. The second-order valence-corrected chi connectivity index (χ2v) is 4.84. The average molecular weight is 269 g/mol. The number of imide groups is 1. The Balaban J connectivity index is 1.68. The van der Waals surface area contributed by atoms with Crippen LogP contribution < -0.4 is 16.0 Å². The smallest absolute Gasteiger partial charge is 0.243 e. The van der Waals surface area contributed by atoms with Gasteiger partial charge in [0, 0.05) is 25.7 Å². The number of hydrogen-bond acceptors (Lipinski definition) is 5. The summed E-state index contributed by atoms with van der Waals surface area (Å²) in [4.78, 5) is 34.1. The molecule has 0 radical (unpaired) electrons. The van der Waals surface area contributed by atoms with E-state index in [1.165, 1.54) is 0 Å². The van der Waals surface area contributed by atoms with Crippen LogP contribution in [0.4, 0.5) is 0 Å². The Labute approximate surface area is 111 Å². The van der Waals surface area contributed by atoms with Gasteiger partial charge in [-0.2, -0.15) is 0 Å². The van der Waals surface area contributed by atoms with Crippen molar-refractivity contribution in [3.8, 4) is 0 Å². The molecule has 2 rings (SSSR count). The second-order valence-electron chi connectivity index (χ2n) is 4.84.